The van der Waals surface area contributed by atoms with Crippen molar-refractivity contribution in [1.29, 1.82) is 0 Å². The zero-order valence-electron chi connectivity index (χ0n) is 16.9. The molecule has 5 nitrogen and oxygen atoms in total. The average molecular weight is 421 g/mol. The lowest BCUT2D eigenvalue weighted by Gasteiger charge is -2.38. The van der Waals surface area contributed by atoms with Gasteiger partial charge in [0.05, 0.1) is 12.3 Å². The third-order valence-corrected chi connectivity index (χ3v) is 7.05. The zero-order chi connectivity index (χ0) is 20.7. The first kappa shape index (κ1) is 19.1. The lowest BCUT2D eigenvalue weighted by Crippen LogP contribution is -2.47. The van der Waals surface area contributed by atoms with E-state index in [1.54, 1.807) is 28.4 Å². The number of hydrogen-bond donors (Lipinski definition) is 0. The Morgan fingerprint density at radius 3 is 2.70 bits per heavy atom. The van der Waals surface area contributed by atoms with E-state index in [4.69, 9.17) is 4.42 Å². The molecule has 3 aromatic rings. The number of furan rings is 1. The summed E-state index contributed by atoms with van der Waals surface area (Å²) in [5, 5.41) is 2.11. The van der Waals surface area contributed by atoms with E-state index >= 15 is 0 Å². The molecule has 5 rings (SSSR count). The van der Waals surface area contributed by atoms with Crippen LogP contribution in [0.2, 0.25) is 0 Å². The molecular weight excluding hydrogens is 396 g/mol. The molecule has 0 radical (unpaired) electrons. The molecule has 0 bridgehead atoms. The molecule has 2 aliphatic rings. The normalized spacial score (nSPS) is 18.2. The van der Waals surface area contributed by atoms with Crippen LogP contribution in [-0.4, -0.2) is 40.7 Å². The van der Waals surface area contributed by atoms with E-state index in [1.807, 2.05) is 17.0 Å². The molecule has 1 saturated carbocycles. The van der Waals surface area contributed by atoms with Crippen LogP contribution in [0.3, 0.4) is 0 Å². The van der Waals surface area contributed by atoms with Crippen molar-refractivity contribution >= 4 is 23.2 Å². The van der Waals surface area contributed by atoms with Gasteiger partial charge >= 0.3 is 0 Å². The molecule has 1 fully saturated rings. The van der Waals surface area contributed by atoms with Gasteiger partial charge < -0.3 is 14.2 Å². The highest BCUT2D eigenvalue weighted by molar-refractivity contribution is 7.10. The monoisotopic (exact) mass is 420 g/mol. The van der Waals surface area contributed by atoms with E-state index in [0.29, 0.717) is 12.3 Å². The van der Waals surface area contributed by atoms with Gasteiger partial charge in [-0.1, -0.05) is 24.3 Å². The Labute approximate surface area is 179 Å². The van der Waals surface area contributed by atoms with Crippen LogP contribution in [0.1, 0.15) is 51.0 Å². The van der Waals surface area contributed by atoms with Gasteiger partial charge in [0.1, 0.15) is 6.54 Å². The molecule has 0 saturated heterocycles. The predicted molar refractivity (Wildman–Crippen MR) is 116 cm³/mol. The van der Waals surface area contributed by atoms with E-state index in [-0.39, 0.29) is 30.4 Å². The van der Waals surface area contributed by atoms with E-state index in [2.05, 4.69) is 30.5 Å². The number of nitrogens with zero attached hydrogens (tertiary/aromatic N) is 2. The summed E-state index contributed by atoms with van der Waals surface area (Å²) < 4.78 is 5.31. The summed E-state index contributed by atoms with van der Waals surface area (Å²) in [6.45, 7) is 2.85. The standard InChI is InChI=1S/C24H24N2O3S/c1-16-5-2-3-6-18(16)23-19-11-14-30-21(19)10-12-25(23)22(27)15-26(17-8-9-17)24(28)20-7-4-13-29-20/h2-7,11,13-14,17,23H,8-10,12,15H2,1H3. The molecule has 1 aliphatic heterocycles. The molecule has 0 N–H and O–H groups in total. The second kappa shape index (κ2) is 7.76. The second-order valence-electron chi connectivity index (χ2n) is 8.04. The lowest BCUT2D eigenvalue weighted by molar-refractivity contribution is -0.134. The van der Waals surface area contributed by atoms with Crippen LogP contribution in [0.5, 0.6) is 0 Å². The number of fused-ring (bicyclic) bond motifs is 1. The molecule has 1 aromatic carbocycles. The quantitative estimate of drug-likeness (QED) is 0.614. The molecule has 1 unspecified atom stereocenters. The van der Waals surface area contributed by atoms with Crippen molar-refractivity contribution in [3.8, 4) is 0 Å². The largest absolute Gasteiger partial charge is 0.459 e. The number of hydrogen-bond acceptors (Lipinski definition) is 4. The van der Waals surface area contributed by atoms with Crippen molar-refractivity contribution in [2.75, 3.05) is 13.1 Å². The van der Waals surface area contributed by atoms with Gasteiger partial charge in [0.2, 0.25) is 5.91 Å². The van der Waals surface area contributed by atoms with E-state index < -0.39 is 0 Å². The maximum absolute atomic E-state index is 13.5. The van der Waals surface area contributed by atoms with Gasteiger partial charge in [-0.05, 0) is 66.5 Å². The molecule has 3 heterocycles. The molecule has 1 atom stereocenters. The van der Waals surface area contributed by atoms with Crippen LogP contribution in [0.15, 0.2) is 58.5 Å². The summed E-state index contributed by atoms with van der Waals surface area (Å²) in [6, 6.07) is 13.8. The molecule has 154 valence electrons. The number of aryl methyl sites for hydroxylation is 1. The lowest BCUT2D eigenvalue weighted by atomic mass is 9.90. The minimum absolute atomic E-state index is 0.00749. The van der Waals surface area contributed by atoms with Gasteiger partial charge in [-0.3, -0.25) is 9.59 Å². The molecule has 2 amide bonds. The van der Waals surface area contributed by atoms with Crippen LogP contribution >= 0.6 is 11.3 Å². The Morgan fingerprint density at radius 2 is 1.97 bits per heavy atom. The fourth-order valence-electron chi connectivity index (χ4n) is 4.35. The minimum Gasteiger partial charge on any atom is -0.459 e. The number of thiophene rings is 1. The van der Waals surface area contributed by atoms with Crippen LogP contribution in [0.25, 0.3) is 0 Å². The highest BCUT2D eigenvalue weighted by Gasteiger charge is 2.39. The highest BCUT2D eigenvalue weighted by Crippen LogP contribution is 2.39. The third-order valence-electron chi connectivity index (χ3n) is 6.06. The summed E-state index contributed by atoms with van der Waals surface area (Å²) in [5.41, 5.74) is 3.54. The Balaban J connectivity index is 1.45. The molecular formula is C24H24N2O3S. The number of rotatable bonds is 5. The first-order valence-electron chi connectivity index (χ1n) is 10.4. The average Bonchev–Trinajstić information content (AvgIpc) is 3.24. The van der Waals surface area contributed by atoms with Crippen LogP contribution in [-0.2, 0) is 11.2 Å². The summed E-state index contributed by atoms with van der Waals surface area (Å²) in [4.78, 5) is 31.5. The second-order valence-corrected chi connectivity index (χ2v) is 9.04. The Morgan fingerprint density at radius 1 is 1.13 bits per heavy atom. The first-order valence-corrected chi connectivity index (χ1v) is 11.3. The molecule has 30 heavy (non-hydrogen) atoms. The van der Waals surface area contributed by atoms with Gasteiger partial charge in [-0.15, -0.1) is 11.3 Å². The van der Waals surface area contributed by atoms with Gasteiger partial charge in [0, 0.05) is 17.5 Å². The number of benzene rings is 1. The molecule has 1 aliphatic carbocycles. The highest BCUT2D eigenvalue weighted by atomic mass is 32.1. The third kappa shape index (κ3) is 3.45. The fourth-order valence-corrected chi connectivity index (χ4v) is 5.25. The molecule has 0 spiro atoms. The van der Waals surface area contributed by atoms with Crippen molar-refractivity contribution in [3.05, 3.63) is 81.4 Å². The predicted octanol–water partition coefficient (Wildman–Crippen LogP) is 4.43. The Kier molecular flexibility index (Phi) is 4.95. The summed E-state index contributed by atoms with van der Waals surface area (Å²) >= 11 is 1.76. The van der Waals surface area contributed by atoms with Crippen molar-refractivity contribution in [2.24, 2.45) is 0 Å². The van der Waals surface area contributed by atoms with Crippen molar-refractivity contribution in [3.63, 3.8) is 0 Å². The van der Waals surface area contributed by atoms with Crippen molar-refractivity contribution in [1.82, 2.24) is 9.80 Å². The summed E-state index contributed by atoms with van der Waals surface area (Å²) in [5.74, 6) is 0.0901. The van der Waals surface area contributed by atoms with Crippen molar-refractivity contribution in [2.45, 2.75) is 38.3 Å². The van der Waals surface area contributed by atoms with Crippen molar-refractivity contribution < 1.29 is 14.0 Å². The maximum Gasteiger partial charge on any atom is 0.290 e. The maximum atomic E-state index is 13.5. The molecule has 2 aromatic heterocycles. The SMILES string of the molecule is Cc1ccccc1C1c2ccsc2CCN1C(=O)CN(C(=O)c1ccco1)C1CC1. The Bertz CT molecular complexity index is 1070. The molecule has 6 heteroatoms. The topological polar surface area (TPSA) is 53.8 Å². The van der Waals surface area contributed by atoms with E-state index in [9.17, 15) is 9.59 Å². The van der Waals surface area contributed by atoms with E-state index in [1.165, 1.54) is 22.3 Å². The summed E-state index contributed by atoms with van der Waals surface area (Å²) in [6.07, 6.45) is 4.24. The van der Waals surface area contributed by atoms with Gasteiger partial charge in [-0.25, -0.2) is 0 Å². The minimum atomic E-state index is -0.198. The Hall–Kier alpha value is -2.86. The van der Waals surface area contributed by atoms with Crippen LogP contribution < -0.4 is 0 Å². The number of carbonyl (C=O) groups is 2. The van der Waals surface area contributed by atoms with Gasteiger partial charge in [-0.2, -0.15) is 0 Å². The van der Waals surface area contributed by atoms with E-state index in [0.717, 1.165) is 24.8 Å². The smallest absolute Gasteiger partial charge is 0.290 e. The van der Waals surface area contributed by atoms with Gasteiger partial charge in [0.25, 0.3) is 5.91 Å². The fraction of sp³-hybridized carbons (Fsp3) is 0.333. The van der Waals surface area contributed by atoms with Crippen LogP contribution in [0.4, 0.5) is 0 Å². The first-order chi connectivity index (χ1) is 14.6. The number of amides is 2. The zero-order valence-corrected chi connectivity index (χ0v) is 17.7. The van der Waals surface area contributed by atoms with Crippen LogP contribution in [0, 0.1) is 6.92 Å². The number of carbonyl (C=O) groups excluding carboxylic acids is 2. The summed E-state index contributed by atoms with van der Waals surface area (Å²) in [7, 11) is 0. The van der Waals surface area contributed by atoms with Gasteiger partial charge in [0.15, 0.2) is 5.76 Å².